The van der Waals surface area contributed by atoms with Gasteiger partial charge in [0.05, 0.1) is 0 Å². The van der Waals surface area contributed by atoms with Crippen LogP contribution in [0, 0.1) is 12.7 Å². The first-order chi connectivity index (χ1) is 8.69. The van der Waals surface area contributed by atoms with Crippen molar-refractivity contribution in [2.45, 2.75) is 13.5 Å². The molecule has 1 aromatic heterocycles. The Bertz CT molecular complexity index is 526. The van der Waals surface area contributed by atoms with Crippen molar-refractivity contribution in [3.8, 4) is 11.6 Å². The number of aromatic nitrogens is 1. The second-order valence-corrected chi connectivity index (χ2v) is 4.05. The molecule has 1 heterocycles. The second-order valence-electron chi connectivity index (χ2n) is 4.05. The fourth-order valence-corrected chi connectivity index (χ4v) is 1.64. The van der Waals surface area contributed by atoms with Gasteiger partial charge in [-0.15, -0.1) is 0 Å². The summed E-state index contributed by atoms with van der Waals surface area (Å²) in [7, 11) is 1.89. The lowest BCUT2D eigenvalue weighted by atomic mass is 10.2. The number of hydrogen-bond donors (Lipinski definition) is 1. The molecule has 0 aliphatic carbocycles. The van der Waals surface area contributed by atoms with Gasteiger partial charge in [0.15, 0.2) is 0 Å². The minimum Gasteiger partial charge on any atom is -0.439 e. The zero-order chi connectivity index (χ0) is 13.0. The summed E-state index contributed by atoms with van der Waals surface area (Å²) in [5.74, 6) is 0.839. The summed E-state index contributed by atoms with van der Waals surface area (Å²) in [5, 5.41) is 3.06. The van der Waals surface area contributed by atoms with Gasteiger partial charge >= 0.3 is 0 Å². The Morgan fingerprint density at radius 3 is 2.61 bits per heavy atom. The smallest absolute Gasteiger partial charge is 0.222 e. The van der Waals surface area contributed by atoms with Crippen LogP contribution in [0.5, 0.6) is 11.6 Å². The summed E-state index contributed by atoms with van der Waals surface area (Å²) in [5.41, 5.74) is 2.05. The number of hydrogen-bond acceptors (Lipinski definition) is 3. The first-order valence-electron chi connectivity index (χ1n) is 5.72. The van der Waals surface area contributed by atoms with Crippen LogP contribution < -0.4 is 10.1 Å². The molecule has 0 bridgehead atoms. The molecular weight excluding hydrogens is 231 g/mol. The van der Waals surface area contributed by atoms with E-state index in [1.807, 2.05) is 20.0 Å². The van der Waals surface area contributed by atoms with Gasteiger partial charge in [-0.1, -0.05) is 0 Å². The van der Waals surface area contributed by atoms with Crippen LogP contribution in [0.4, 0.5) is 4.39 Å². The third-order valence-electron chi connectivity index (χ3n) is 2.50. The maximum atomic E-state index is 12.8. The van der Waals surface area contributed by atoms with E-state index in [0.29, 0.717) is 11.6 Å². The van der Waals surface area contributed by atoms with Crippen molar-refractivity contribution in [3.63, 3.8) is 0 Å². The van der Waals surface area contributed by atoms with Crippen molar-refractivity contribution in [2.75, 3.05) is 7.05 Å². The molecule has 0 saturated carbocycles. The molecule has 2 aromatic rings. The topological polar surface area (TPSA) is 34.2 Å². The van der Waals surface area contributed by atoms with Crippen molar-refractivity contribution < 1.29 is 9.13 Å². The molecule has 4 heteroatoms. The molecule has 18 heavy (non-hydrogen) atoms. The van der Waals surface area contributed by atoms with Gasteiger partial charge < -0.3 is 10.1 Å². The summed E-state index contributed by atoms with van der Waals surface area (Å²) in [6, 6.07) is 7.90. The van der Waals surface area contributed by atoms with Crippen molar-refractivity contribution in [1.82, 2.24) is 10.3 Å². The highest BCUT2D eigenvalue weighted by molar-refractivity contribution is 5.33. The highest BCUT2D eigenvalue weighted by Gasteiger charge is 2.04. The predicted molar refractivity (Wildman–Crippen MR) is 68.2 cm³/mol. The molecule has 94 valence electrons. The number of rotatable bonds is 4. The van der Waals surface area contributed by atoms with E-state index in [4.69, 9.17) is 4.74 Å². The van der Waals surface area contributed by atoms with E-state index in [1.165, 1.54) is 12.1 Å². The van der Waals surface area contributed by atoms with Gasteiger partial charge in [0.2, 0.25) is 5.88 Å². The number of ether oxygens (including phenoxy) is 1. The lowest BCUT2D eigenvalue weighted by Gasteiger charge is -2.09. The number of benzene rings is 1. The third kappa shape index (κ3) is 3.05. The Labute approximate surface area is 106 Å². The highest BCUT2D eigenvalue weighted by atomic mass is 19.1. The molecule has 0 fully saturated rings. The van der Waals surface area contributed by atoms with Crippen molar-refractivity contribution in [3.05, 3.63) is 53.5 Å². The van der Waals surface area contributed by atoms with Crippen molar-refractivity contribution in [1.29, 1.82) is 0 Å². The van der Waals surface area contributed by atoms with E-state index in [0.717, 1.165) is 17.7 Å². The molecule has 0 radical (unpaired) electrons. The first kappa shape index (κ1) is 12.5. The quantitative estimate of drug-likeness (QED) is 0.900. The maximum absolute atomic E-state index is 12.8. The SMILES string of the molecule is CNCc1cnc(Oc2ccc(F)cc2)c(C)c1. The van der Waals surface area contributed by atoms with Crippen molar-refractivity contribution >= 4 is 0 Å². The Kier molecular flexibility index (Phi) is 3.89. The molecule has 0 aliphatic rings. The minimum atomic E-state index is -0.281. The molecule has 0 spiro atoms. The summed E-state index contributed by atoms with van der Waals surface area (Å²) < 4.78 is 18.4. The first-order valence-corrected chi connectivity index (χ1v) is 5.72. The molecule has 1 aromatic carbocycles. The Balaban J connectivity index is 2.16. The van der Waals surface area contributed by atoms with Crippen LogP contribution in [-0.2, 0) is 6.54 Å². The standard InChI is InChI=1S/C14H15FN2O/c1-10-7-11(8-16-2)9-17-14(10)18-13-5-3-12(15)4-6-13/h3-7,9,16H,8H2,1-2H3. The molecule has 3 nitrogen and oxygen atoms in total. The van der Waals surface area contributed by atoms with E-state index < -0.39 is 0 Å². The highest BCUT2D eigenvalue weighted by Crippen LogP contribution is 2.23. The van der Waals surface area contributed by atoms with Gasteiger partial charge in [0, 0.05) is 18.3 Å². The van der Waals surface area contributed by atoms with Crippen molar-refractivity contribution in [2.24, 2.45) is 0 Å². The fourth-order valence-electron chi connectivity index (χ4n) is 1.64. The minimum absolute atomic E-state index is 0.281. The number of nitrogens with zero attached hydrogens (tertiary/aromatic N) is 1. The fraction of sp³-hybridized carbons (Fsp3) is 0.214. The molecule has 0 unspecified atom stereocenters. The molecular formula is C14H15FN2O. The summed E-state index contributed by atoms with van der Waals surface area (Å²) in [4.78, 5) is 4.26. The van der Waals surface area contributed by atoms with Crippen LogP contribution in [0.1, 0.15) is 11.1 Å². The molecule has 2 rings (SSSR count). The number of aryl methyl sites for hydroxylation is 1. The third-order valence-corrected chi connectivity index (χ3v) is 2.50. The lowest BCUT2D eigenvalue weighted by molar-refractivity contribution is 0.456. The Hall–Kier alpha value is -1.94. The van der Waals surface area contributed by atoms with E-state index in [9.17, 15) is 4.39 Å². The largest absolute Gasteiger partial charge is 0.439 e. The van der Waals surface area contributed by atoms with Crippen LogP contribution in [0.3, 0.4) is 0 Å². The maximum Gasteiger partial charge on any atom is 0.222 e. The van der Waals surface area contributed by atoms with Gasteiger partial charge in [-0.2, -0.15) is 0 Å². The molecule has 0 amide bonds. The van der Waals surface area contributed by atoms with E-state index in [1.54, 1.807) is 18.3 Å². The van der Waals surface area contributed by atoms with E-state index in [2.05, 4.69) is 10.3 Å². The van der Waals surface area contributed by atoms with Gasteiger partial charge in [-0.25, -0.2) is 9.37 Å². The van der Waals surface area contributed by atoms with E-state index in [-0.39, 0.29) is 5.82 Å². The number of pyridine rings is 1. The zero-order valence-corrected chi connectivity index (χ0v) is 10.4. The molecule has 1 N–H and O–H groups in total. The average molecular weight is 246 g/mol. The van der Waals surface area contributed by atoms with Gasteiger partial charge in [-0.3, -0.25) is 0 Å². The van der Waals surface area contributed by atoms with Crippen LogP contribution in [0.25, 0.3) is 0 Å². The molecule has 0 atom stereocenters. The van der Waals surface area contributed by atoms with E-state index >= 15 is 0 Å². The lowest BCUT2D eigenvalue weighted by Crippen LogP contribution is -2.06. The number of nitrogens with one attached hydrogen (secondary N) is 1. The molecule has 0 saturated heterocycles. The van der Waals surface area contributed by atoms with Gasteiger partial charge in [0.1, 0.15) is 11.6 Å². The van der Waals surface area contributed by atoms with Crippen LogP contribution >= 0.6 is 0 Å². The monoisotopic (exact) mass is 246 g/mol. The van der Waals surface area contributed by atoms with Crippen LogP contribution in [0.2, 0.25) is 0 Å². The predicted octanol–water partition coefficient (Wildman–Crippen LogP) is 3.04. The number of halogens is 1. The van der Waals surface area contributed by atoms with Gasteiger partial charge in [0.25, 0.3) is 0 Å². The zero-order valence-electron chi connectivity index (χ0n) is 10.4. The van der Waals surface area contributed by atoms with Gasteiger partial charge in [-0.05, 0) is 49.9 Å². The Morgan fingerprint density at radius 1 is 1.28 bits per heavy atom. The Morgan fingerprint density at radius 2 is 2.00 bits per heavy atom. The summed E-state index contributed by atoms with van der Waals surface area (Å²) >= 11 is 0. The summed E-state index contributed by atoms with van der Waals surface area (Å²) in [6.45, 7) is 2.70. The average Bonchev–Trinajstić information content (AvgIpc) is 2.36. The summed E-state index contributed by atoms with van der Waals surface area (Å²) in [6.07, 6.45) is 1.77. The van der Waals surface area contributed by atoms with Crippen LogP contribution in [0.15, 0.2) is 36.5 Å². The molecule has 0 aliphatic heterocycles. The van der Waals surface area contributed by atoms with Crippen LogP contribution in [-0.4, -0.2) is 12.0 Å². The second kappa shape index (κ2) is 5.60. The normalized spacial score (nSPS) is 10.4.